The number of para-hydroxylation sites is 1. The van der Waals surface area contributed by atoms with Gasteiger partial charge in [0.25, 0.3) is 0 Å². The van der Waals surface area contributed by atoms with Gasteiger partial charge in [0.2, 0.25) is 0 Å². The Morgan fingerprint density at radius 2 is 2.05 bits per heavy atom. The molecule has 0 N–H and O–H groups in total. The first-order valence-corrected chi connectivity index (χ1v) is 6.42. The second-order valence-corrected chi connectivity index (χ2v) is 4.41. The average Bonchev–Trinajstić information content (AvgIpc) is 2.50. The Bertz CT molecular complexity index is 569. The highest BCUT2D eigenvalue weighted by Crippen LogP contribution is 2.25. The van der Waals surface area contributed by atoms with Gasteiger partial charge >= 0.3 is 5.97 Å². The van der Waals surface area contributed by atoms with Crippen molar-refractivity contribution in [1.29, 1.82) is 0 Å². The summed E-state index contributed by atoms with van der Waals surface area (Å²) in [4.78, 5) is 15.5. The Hall–Kier alpha value is -2.36. The predicted molar refractivity (Wildman–Crippen MR) is 75.4 cm³/mol. The number of pyridine rings is 1. The minimum absolute atomic E-state index is 0.137. The quantitative estimate of drug-likeness (QED) is 0.784. The monoisotopic (exact) mass is 271 g/mol. The predicted octanol–water partition coefficient (Wildman–Crippen LogP) is 2.94. The van der Waals surface area contributed by atoms with Gasteiger partial charge in [-0.1, -0.05) is 24.3 Å². The highest BCUT2D eigenvalue weighted by molar-refractivity contribution is 5.73. The Morgan fingerprint density at radius 3 is 2.75 bits per heavy atom. The molecule has 1 aromatic heterocycles. The first kappa shape index (κ1) is 14.1. The van der Waals surface area contributed by atoms with E-state index in [1.165, 1.54) is 7.11 Å². The number of hydrogen-bond donors (Lipinski definition) is 0. The van der Waals surface area contributed by atoms with E-state index in [1.807, 2.05) is 43.3 Å². The standard InChI is InChI=1S/C16H17NO3/c1-12(14-7-5-9-17-11-14)20-15-8-4-3-6-13(15)10-16(18)19-2/h3-9,11-12H,10H2,1-2H3. The number of methoxy groups -OCH3 is 1. The van der Waals surface area contributed by atoms with E-state index in [1.54, 1.807) is 12.4 Å². The second kappa shape index (κ2) is 6.70. The lowest BCUT2D eigenvalue weighted by molar-refractivity contribution is -0.139. The van der Waals surface area contributed by atoms with Crippen LogP contribution in [-0.2, 0) is 16.0 Å². The second-order valence-electron chi connectivity index (χ2n) is 4.41. The third-order valence-corrected chi connectivity index (χ3v) is 2.99. The number of ether oxygens (including phenoxy) is 2. The van der Waals surface area contributed by atoms with Crippen LogP contribution in [0.25, 0.3) is 0 Å². The molecule has 1 heterocycles. The molecule has 0 aliphatic carbocycles. The van der Waals surface area contributed by atoms with Crippen molar-refractivity contribution in [3.63, 3.8) is 0 Å². The molecule has 0 amide bonds. The maximum atomic E-state index is 11.4. The molecule has 0 bridgehead atoms. The molecule has 20 heavy (non-hydrogen) atoms. The van der Waals surface area contributed by atoms with Gasteiger partial charge in [-0.15, -0.1) is 0 Å². The first-order valence-electron chi connectivity index (χ1n) is 6.42. The van der Waals surface area contributed by atoms with Crippen molar-refractivity contribution in [1.82, 2.24) is 4.98 Å². The van der Waals surface area contributed by atoms with Crippen molar-refractivity contribution in [2.24, 2.45) is 0 Å². The fourth-order valence-electron chi connectivity index (χ4n) is 1.87. The first-order chi connectivity index (χ1) is 9.70. The van der Waals surface area contributed by atoms with Crippen molar-refractivity contribution in [2.75, 3.05) is 7.11 Å². The summed E-state index contributed by atoms with van der Waals surface area (Å²) in [6, 6.07) is 11.3. The molecular weight excluding hydrogens is 254 g/mol. The molecule has 0 saturated heterocycles. The zero-order valence-corrected chi connectivity index (χ0v) is 11.6. The molecule has 104 valence electrons. The van der Waals surface area contributed by atoms with Crippen LogP contribution >= 0.6 is 0 Å². The summed E-state index contributed by atoms with van der Waals surface area (Å²) in [6.45, 7) is 1.95. The van der Waals surface area contributed by atoms with Crippen molar-refractivity contribution in [3.05, 3.63) is 59.9 Å². The van der Waals surface area contributed by atoms with Crippen LogP contribution in [0.3, 0.4) is 0 Å². The van der Waals surface area contributed by atoms with Gasteiger partial charge in [0.1, 0.15) is 11.9 Å². The molecule has 1 aromatic carbocycles. The van der Waals surface area contributed by atoms with E-state index in [2.05, 4.69) is 4.98 Å². The van der Waals surface area contributed by atoms with Crippen LogP contribution in [0.15, 0.2) is 48.8 Å². The van der Waals surface area contributed by atoms with Crippen LogP contribution in [0, 0.1) is 0 Å². The fraction of sp³-hybridized carbons (Fsp3) is 0.250. The number of carbonyl (C=O) groups is 1. The summed E-state index contributed by atoms with van der Waals surface area (Å²) >= 11 is 0. The van der Waals surface area contributed by atoms with Crippen LogP contribution in [0.5, 0.6) is 5.75 Å². The minimum atomic E-state index is -0.282. The molecule has 2 rings (SSSR count). The van der Waals surface area contributed by atoms with E-state index in [9.17, 15) is 4.79 Å². The van der Waals surface area contributed by atoms with Gasteiger partial charge in [-0.3, -0.25) is 9.78 Å². The summed E-state index contributed by atoms with van der Waals surface area (Å²) in [5, 5.41) is 0. The summed E-state index contributed by atoms with van der Waals surface area (Å²) in [6.07, 6.45) is 3.56. The lowest BCUT2D eigenvalue weighted by Crippen LogP contribution is -2.09. The van der Waals surface area contributed by atoms with Crippen LogP contribution in [-0.4, -0.2) is 18.1 Å². The number of carbonyl (C=O) groups excluding carboxylic acids is 1. The molecule has 1 unspecified atom stereocenters. The van der Waals surface area contributed by atoms with Crippen molar-refractivity contribution in [3.8, 4) is 5.75 Å². The van der Waals surface area contributed by atoms with Crippen LogP contribution < -0.4 is 4.74 Å². The summed E-state index contributed by atoms with van der Waals surface area (Å²) in [5.41, 5.74) is 1.80. The SMILES string of the molecule is COC(=O)Cc1ccccc1OC(C)c1cccnc1. The zero-order valence-electron chi connectivity index (χ0n) is 11.6. The highest BCUT2D eigenvalue weighted by atomic mass is 16.5. The fourth-order valence-corrected chi connectivity index (χ4v) is 1.87. The van der Waals surface area contributed by atoms with E-state index >= 15 is 0 Å². The third-order valence-electron chi connectivity index (χ3n) is 2.99. The molecular formula is C16H17NO3. The normalized spacial score (nSPS) is 11.7. The highest BCUT2D eigenvalue weighted by Gasteiger charge is 2.12. The van der Waals surface area contributed by atoms with Gasteiger partial charge in [-0.2, -0.15) is 0 Å². The summed E-state index contributed by atoms with van der Waals surface area (Å²) < 4.78 is 10.6. The van der Waals surface area contributed by atoms with Crippen molar-refractivity contribution >= 4 is 5.97 Å². The smallest absolute Gasteiger partial charge is 0.310 e. The van der Waals surface area contributed by atoms with Crippen molar-refractivity contribution in [2.45, 2.75) is 19.4 Å². The molecule has 0 saturated carbocycles. The Labute approximate surface area is 118 Å². The third kappa shape index (κ3) is 3.57. The van der Waals surface area contributed by atoms with Crippen LogP contribution in [0.1, 0.15) is 24.2 Å². The molecule has 0 fully saturated rings. The number of benzene rings is 1. The molecule has 2 aromatic rings. The Balaban J connectivity index is 2.15. The van der Waals surface area contributed by atoms with E-state index in [-0.39, 0.29) is 18.5 Å². The molecule has 0 spiro atoms. The van der Waals surface area contributed by atoms with Gasteiger partial charge in [0.05, 0.1) is 13.5 Å². The molecule has 4 heteroatoms. The maximum absolute atomic E-state index is 11.4. The lowest BCUT2D eigenvalue weighted by Gasteiger charge is -2.17. The topological polar surface area (TPSA) is 48.4 Å². The molecule has 0 radical (unpaired) electrons. The van der Waals surface area contributed by atoms with Gasteiger partial charge in [-0.25, -0.2) is 0 Å². The average molecular weight is 271 g/mol. The maximum Gasteiger partial charge on any atom is 0.310 e. The number of hydrogen-bond acceptors (Lipinski definition) is 4. The van der Waals surface area contributed by atoms with E-state index in [0.717, 1.165) is 11.1 Å². The Morgan fingerprint density at radius 1 is 1.25 bits per heavy atom. The number of esters is 1. The number of rotatable bonds is 5. The molecule has 1 atom stereocenters. The van der Waals surface area contributed by atoms with Gasteiger partial charge in [-0.05, 0) is 19.1 Å². The van der Waals surface area contributed by atoms with E-state index in [0.29, 0.717) is 5.75 Å². The lowest BCUT2D eigenvalue weighted by atomic mass is 10.1. The zero-order chi connectivity index (χ0) is 14.4. The van der Waals surface area contributed by atoms with Crippen LogP contribution in [0.4, 0.5) is 0 Å². The Kier molecular flexibility index (Phi) is 4.71. The molecule has 0 aliphatic heterocycles. The van der Waals surface area contributed by atoms with Gasteiger partial charge < -0.3 is 9.47 Å². The number of nitrogens with zero attached hydrogens (tertiary/aromatic N) is 1. The van der Waals surface area contributed by atoms with E-state index in [4.69, 9.17) is 9.47 Å². The summed E-state index contributed by atoms with van der Waals surface area (Å²) in [7, 11) is 1.38. The summed E-state index contributed by atoms with van der Waals surface area (Å²) in [5.74, 6) is 0.407. The van der Waals surface area contributed by atoms with Gasteiger partial charge in [0, 0.05) is 23.5 Å². The molecule has 4 nitrogen and oxygen atoms in total. The largest absolute Gasteiger partial charge is 0.486 e. The minimum Gasteiger partial charge on any atom is -0.486 e. The van der Waals surface area contributed by atoms with Crippen molar-refractivity contribution < 1.29 is 14.3 Å². The van der Waals surface area contributed by atoms with E-state index < -0.39 is 0 Å². The molecule has 0 aliphatic rings. The van der Waals surface area contributed by atoms with Gasteiger partial charge in [0.15, 0.2) is 0 Å². The number of aromatic nitrogens is 1. The van der Waals surface area contributed by atoms with Crippen LogP contribution in [0.2, 0.25) is 0 Å².